The third-order valence-electron chi connectivity index (χ3n) is 3.95. The number of likely N-dealkylation sites (tertiary alicyclic amines) is 1. The molecule has 2 atom stereocenters. The summed E-state index contributed by atoms with van der Waals surface area (Å²) in [5.74, 6) is 0.548. The first-order valence-electron chi connectivity index (χ1n) is 7.38. The summed E-state index contributed by atoms with van der Waals surface area (Å²) in [5, 5.41) is 10.9. The molecule has 1 aromatic carbocycles. The van der Waals surface area contributed by atoms with Crippen molar-refractivity contribution in [2.45, 2.75) is 25.8 Å². The molecule has 1 aliphatic heterocycles. The van der Waals surface area contributed by atoms with Crippen LogP contribution in [0.2, 0.25) is 0 Å². The first kappa shape index (κ1) is 16.2. The molecule has 1 fully saturated rings. The van der Waals surface area contributed by atoms with E-state index in [-0.39, 0.29) is 36.4 Å². The first-order chi connectivity index (χ1) is 10.5. The van der Waals surface area contributed by atoms with Crippen LogP contribution < -0.4 is 10.5 Å². The Kier molecular flexibility index (Phi) is 5.32. The molecule has 0 aromatic heterocycles. The van der Waals surface area contributed by atoms with Gasteiger partial charge in [-0.3, -0.25) is 14.9 Å². The van der Waals surface area contributed by atoms with Crippen LogP contribution in [0, 0.1) is 16.0 Å². The monoisotopic (exact) mass is 307 g/mol. The van der Waals surface area contributed by atoms with Crippen molar-refractivity contribution in [3.63, 3.8) is 0 Å². The van der Waals surface area contributed by atoms with Gasteiger partial charge < -0.3 is 15.4 Å². The van der Waals surface area contributed by atoms with Crippen molar-refractivity contribution in [1.29, 1.82) is 0 Å². The lowest BCUT2D eigenvalue weighted by Gasteiger charge is -2.21. The summed E-state index contributed by atoms with van der Waals surface area (Å²) in [4.78, 5) is 24.4. The average Bonchev–Trinajstić information content (AvgIpc) is 2.88. The number of carbonyl (C=O) groups is 1. The quantitative estimate of drug-likeness (QED) is 0.635. The summed E-state index contributed by atoms with van der Waals surface area (Å²) < 4.78 is 5.40. The lowest BCUT2D eigenvalue weighted by molar-refractivity contribution is -0.385. The van der Waals surface area contributed by atoms with Crippen LogP contribution in [0.4, 0.5) is 5.69 Å². The molecule has 0 aliphatic carbocycles. The van der Waals surface area contributed by atoms with E-state index in [1.165, 1.54) is 12.1 Å². The van der Waals surface area contributed by atoms with Crippen LogP contribution in [0.25, 0.3) is 0 Å². The van der Waals surface area contributed by atoms with Crippen molar-refractivity contribution >= 4 is 11.6 Å². The molecule has 0 radical (unpaired) electrons. The number of ether oxygens (including phenoxy) is 1. The van der Waals surface area contributed by atoms with Gasteiger partial charge in [0.1, 0.15) is 0 Å². The Morgan fingerprint density at radius 2 is 2.23 bits per heavy atom. The second-order valence-electron chi connectivity index (χ2n) is 5.56. The minimum absolute atomic E-state index is 0.00188. The molecule has 120 valence electrons. The van der Waals surface area contributed by atoms with Crippen LogP contribution >= 0.6 is 0 Å². The molecular formula is C15H21N3O4. The Morgan fingerprint density at radius 1 is 1.50 bits per heavy atom. The Hall–Kier alpha value is -2.15. The topological polar surface area (TPSA) is 98.7 Å². The molecule has 1 saturated heterocycles. The standard InChI is InChI=1S/C15H21N3O4/c1-11-8-12(9-16)10-17(11)15(19)6-7-22-14-5-3-2-4-13(14)18(20)21/h2-5,11-12H,6-10,16H2,1H3. The Bertz CT molecular complexity index is 549. The van der Waals surface area contributed by atoms with Crippen molar-refractivity contribution in [1.82, 2.24) is 4.90 Å². The number of hydrogen-bond acceptors (Lipinski definition) is 5. The van der Waals surface area contributed by atoms with Gasteiger partial charge in [-0.1, -0.05) is 12.1 Å². The Balaban J connectivity index is 1.86. The van der Waals surface area contributed by atoms with Gasteiger partial charge in [0.15, 0.2) is 5.75 Å². The zero-order valence-electron chi connectivity index (χ0n) is 12.6. The maximum absolute atomic E-state index is 12.2. The number of nitro benzene ring substituents is 1. The average molecular weight is 307 g/mol. The van der Waals surface area contributed by atoms with Crippen LogP contribution in [-0.4, -0.2) is 41.5 Å². The van der Waals surface area contributed by atoms with Gasteiger partial charge in [-0.15, -0.1) is 0 Å². The number of para-hydroxylation sites is 2. The van der Waals surface area contributed by atoms with E-state index in [4.69, 9.17) is 10.5 Å². The van der Waals surface area contributed by atoms with E-state index in [1.54, 1.807) is 12.1 Å². The number of hydrogen-bond donors (Lipinski definition) is 1. The fraction of sp³-hybridized carbons (Fsp3) is 0.533. The van der Waals surface area contributed by atoms with Crippen molar-refractivity contribution < 1.29 is 14.5 Å². The molecule has 1 aromatic rings. The van der Waals surface area contributed by atoms with E-state index >= 15 is 0 Å². The molecule has 2 N–H and O–H groups in total. The highest BCUT2D eigenvalue weighted by molar-refractivity contribution is 5.77. The van der Waals surface area contributed by atoms with Gasteiger partial charge in [0, 0.05) is 18.7 Å². The molecule has 7 heteroatoms. The summed E-state index contributed by atoms with van der Waals surface area (Å²) >= 11 is 0. The molecule has 0 spiro atoms. The lowest BCUT2D eigenvalue weighted by Crippen LogP contribution is -2.35. The number of nitro groups is 1. The second-order valence-corrected chi connectivity index (χ2v) is 5.56. The van der Waals surface area contributed by atoms with Crippen LogP contribution in [0.5, 0.6) is 5.75 Å². The summed E-state index contributed by atoms with van der Waals surface area (Å²) in [6.07, 6.45) is 1.13. The van der Waals surface area contributed by atoms with Gasteiger partial charge >= 0.3 is 5.69 Å². The maximum atomic E-state index is 12.2. The summed E-state index contributed by atoms with van der Waals surface area (Å²) in [7, 11) is 0. The molecular weight excluding hydrogens is 286 g/mol. The molecule has 7 nitrogen and oxygen atoms in total. The number of benzene rings is 1. The number of nitrogens with two attached hydrogens (primary N) is 1. The molecule has 2 rings (SSSR count). The zero-order chi connectivity index (χ0) is 16.1. The fourth-order valence-corrected chi connectivity index (χ4v) is 2.78. The van der Waals surface area contributed by atoms with E-state index in [1.807, 2.05) is 11.8 Å². The Labute approximate surface area is 129 Å². The normalized spacial score (nSPS) is 20.9. The SMILES string of the molecule is CC1CC(CN)CN1C(=O)CCOc1ccccc1[N+](=O)[O-]. The van der Waals surface area contributed by atoms with Crippen molar-refractivity contribution in [3.05, 3.63) is 34.4 Å². The highest BCUT2D eigenvalue weighted by Gasteiger charge is 2.31. The van der Waals surface area contributed by atoms with Crippen LogP contribution in [0.15, 0.2) is 24.3 Å². The molecule has 22 heavy (non-hydrogen) atoms. The van der Waals surface area contributed by atoms with Gasteiger partial charge in [-0.05, 0) is 31.9 Å². The van der Waals surface area contributed by atoms with Crippen LogP contribution in [-0.2, 0) is 4.79 Å². The fourth-order valence-electron chi connectivity index (χ4n) is 2.78. The van der Waals surface area contributed by atoms with Gasteiger partial charge in [-0.25, -0.2) is 0 Å². The van der Waals surface area contributed by atoms with Crippen molar-refractivity contribution in [2.75, 3.05) is 19.7 Å². The van der Waals surface area contributed by atoms with Gasteiger partial charge in [-0.2, -0.15) is 0 Å². The van der Waals surface area contributed by atoms with E-state index in [0.717, 1.165) is 6.42 Å². The highest BCUT2D eigenvalue weighted by atomic mass is 16.6. The van der Waals surface area contributed by atoms with Gasteiger partial charge in [0.25, 0.3) is 0 Å². The third-order valence-corrected chi connectivity index (χ3v) is 3.95. The summed E-state index contributed by atoms with van der Waals surface area (Å²) in [5.41, 5.74) is 5.56. The lowest BCUT2D eigenvalue weighted by atomic mass is 10.1. The third kappa shape index (κ3) is 3.73. The van der Waals surface area contributed by atoms with Crippen LogP contribution in [0.1, 0.15) is 19.8 Å². The summed E-state index contributed by atoms with van der Waals surface area (Å²) in [6.45, 7) is 3.40. The number of rotatable bonds is 6. The van der Waals surface area contributed by atoms with Crippen molar-refractivity contribution in [2.24, 2.45) is 11.7 Å². The van der Waals surface area contributed by atoms with E-state index < -0.39 is 4.92 Å². The first-order valence-corrected chi connectivity index (χ1v) is 7.38. The van der Waals surface area contributed by atoms with Gasteiger partial charge in [0.05, 0.1) is 18.0 Å². The number of carbonyl (C=O) groups excluding carboxylic acids is 1. The molecule has 0 bridgehead atoms. The summed E-state index contributed by atoms with van der Waals surface area (Å²) in [6, 6.07) is 6.34. The Morgan fingerprint density at radius 3 is 2.86 bits per heavy atom. The van der Waals surface area contributed by atoms with Gasteiger partial charge in [0.2, 0.25) is 5.91 Å². The van der Waals surface area contributed by atoms with E-state index in [9.17, 15) is 14.9 Å². The minimum atomic E-state index is -0.494. The smallest absolute Gasteiger partial charge is 0.310 e. The zero-order valence-corrected chi connectivity index (χ0v) is 12.6. The van der Waals surface area contributed by atoms with Crippen molar-refractivity contribution in [3.8, 4) is 5.75 Å². The molecule has 0 saturated carbocycles. The predicted molar refractivity (Wildman–Crippen MR) is 81.5 cm³/mol. The minimum Gasteiger partial charge on any atom is -0.486 e. The maximum Gasteiger partial charge on any atom is 0.310 e. The second kappa shape index (κ2) is 7.22. The highest BCUT2D eigenvalue weighted by Crippen LogP contribution is 2.26. The van der Waals surface area contributed by atoms with E-state index in [0.29, 0.717) is 19.0 Å². The van der Waals surface area contributed by atoms with Crippen LogP contribution in [0.3, 0.4) is 0 Å². The molecule has 1 heterocycles. The number of amides is 1. The van der Waals surface area contributed by atoms with E-state index in [2.05, 4.69) is 0 Å². The molecule has 2 unspecified atom stereocenters. The largest absolute Gasteiger partial charge is 0.486 e. The number of nitrogens with zero attached hydrogens (tertiary/aromatic N) is 2. The predicted octanol–water partition coefficient (Wildman–Crippen LogP) is 1.56. The molecule has 1 aliphatic rings. The molecule has 1 amide bonds.